The van der Waals surface area contributed by atoms with Crippen molar-refractivity contribution >= 4 is 12.2 Å². The molecule has 0 bridgehead atoms. The first kappa shape index (κ1) is 14.8. The zero-order valence-electron chi connectivity index (χ0n) is 14.7. The van der Waals surface area contributed by atoms with Gasteiger partial charge in [-0.1, -0.05) is 47.6 Å². The van der Waals surface area contributed by atoms with Gasteiger partial charge in [0.05, 0.1) is 0 Å². The summed E-state index contributed by atoms with van der Waals surface area (Å²) in [5.41, 5.74) is 8.52. The van der Waals surface area contributed by atoms with Crippen LogP contribution >= 0.6 is 0 Å². The number of ether oxygens (including phenoxy) is 2. The molecule has 0 fully saturated rings. The van der Waals surface area contributed by atoms with Crippen molar-refractivity contribution in [2.45, 2.75) is 38.5 Å². The average molecular weight is 330 g/mol. The third kappa shape index (κ3) is 2.31. The maximum absolute atomic E-state index is 5.59. The molecule has 3 aliphatic rings. The summed E-state index contributed by atoms with van der Waals surface area (Å²) in [6.07, 6.45) is 7.01. The van der Waals surface area contributed by atoms with E-state index in [0.717, 1.165) is 11.5 Å². The zero-order chi connectivity index (χ0) is 17.0. The predicted octanol–water partition coefficient (Wildman–Crippen LogP) is 5.90. The second kappa shape index (κ2) is 5.52. The molecule has 0 amide bonds. The molecule has 126 valence electrons. The van der Waals surface area contributed by atoms with Gasteiger partial charge in [-0.3, -0.25) is 0 Å². The first-order chi connectivity index (χ1) is 12.2. The Morgan fingerprint density at radius 3 is 2.24 bits per heavy atom. The van der Waals surface area contributed by atoms with Crippen molar-refractivity contribution in [3.63, 3.8) is 0 Å². The number of rotatable bonds is 3. The van der Waals surface area contributed by atoms with E-state index in [1.807, 2.05) is 0 Å². The summed E-state index contributed by atoms with van der Waals surface area (Å²) in [5.74, 6) is 2.83. The van der Waals surface area contributed by atoms with Gasteiger partial charge >= 0.3 is 0 Å². The lowest BCUT2D eigenvalue weighted by Crippen LogP contribution is -2.03. The fourth-order valence-electron chi connectivity index (χ4n) is 4.64. The van der Waals surface area contributed by atoms with Crippen molar-refractivity contribution in [2.75, 3.05) is 6.79 Å². The summed E-state index contributed by atoms with van der Waals surface area (Å²) < 4.78 is 11.1. The molecule has 2 unspecified atom stereocenters. The molecule has 0 aromatic heterocycles. The smallest absolute Gasteiger partial charge is 0.231 e. The number of benzene rings is 2. The second-order valence-corrected chi connectivity index (χ2v) is 7.42. The average Bonchev–Trinajstić information content (AvgIpc) is 3.26. The largest absolute Gasteiger partial charge is 0.454 e. The standard InChI is InChI=1S/C23H22O2/c1-14-9-16-5-3-4-6-20(16)18(14)7-8-19-15(2)10-17-11-22-23(12-21(17)19)25-13-24-22/h3-6,9-12,18-19H,7-8,13H2,1-2H3. The van der Waals surface area contributed by atoms with Gasteiger partial charge in [0.25, 0.3) is 0 Å². The topological polar surface area (TPSA) is 18.5 Å². The summed E-state index contributed by atoms with van der Waals surface area (Å²) in [7, 11) is 0. The first-order valence-electron chi connectivity index (χ1n) is 9.09. The van der Waals surface area contributed by atoms with E-state index < -0.39 is 0 Å². The van der Waals surface area contributed by atoms with Crippen LogP contribution in [0.5, 0.6) is 11.5 Å². The van der Waals surface area contributed by atoms with Crippen LogP contribution in [0, 0.1) is 0 Å². The summed E-state index contributed by atoms with van der Waals surface area (Å²) in [6.45, 7) is 4.87. The molecule has 0 saturated carbocycles. The number of hydrogen-bond acceptors (Lipinski definition) is 2. The van der Waals surface area contributed by atoms with E-state index in [2.05, 4.69) is 62.4 Å². The predicted molar refractivity (Wildman–Crippen MR) is 101 cm³/mol. The fraction of sp³-hybridized carbons (Fsp3) is 0.304. The van der Waals surface area contributed by atoms with Crippen LogP contribution < -0.4 is 9.47 Å². The summed E-state index contributed by atoms with van der Waals surface area (Å²) in [4.78, 5) is 0. The van der Waals surface area contributed by atoms with Gasteiger partial charge in [0.2, 0.25) is 6.79 Å². The van der Waals surface area contributed by atoms with Gasteiger partial charge in [-0.2, -0.15) is 0 Å². The van der Waals surface area contributed by atoms with E-state index >= 15 is 0 Å². The molecule has 25 heavy (non-hydrogen) atoms. The zero-order valence-corrected chi connectivity index (χ0v) is 14.7. The lowest BCUT2D eigenvalue weighted by atomic mass is 9.85. The number of fused-ring (bicyclic) bond motifs is 3. The second-order valence-electron chi connectivity index (χ2n) is 7.42. The number of hydrogen-bond donors (Lipinski definition) is 0. The molecule has 2 nitrogen and oxygen atoms in total. The molecular formula is C23H22O2. The molecule has 0 N–H and O–H groups in total. The van der Waals surface area contributed by atoms with Crippen molar-refractivity contribution < 1.29 is 9.47 Å². The van der Waals surface area contributed by atoms with Crippen LogP contribution in [-0.2, 0) is 0 Å². The Morgan fingerprint density at radius 1 is 0.800 bits per heavy atom. The highest BCUT2D eigenvalue weighted by molar-refractivity contribution is 5.70. The minimum Gasteiger partial charge on any atom is -0.454 e. The van der Waals surface area contributed by atoms with Gasteiger partial charge in [0.1, 0.15) is 0 Å². The third-order valence-electron chi connectivity index (χ3n) is 5.93. The van der Waals surface area contributed by atoms with Gasteiger partial charge in [-0.25, -0.2) is 0 Å². The molecule has 2 atom stereocenters. The Hall–Kier alpha value is -2.48. The fourth-order valence-corrected chi connectivity index (χ4v) is 4.64. The highest BCUT2D eigenvalue weighted by Crippen LogP contribution is 2.47. The van der Waals surface area contributed by atoms with Crippen LogP contribution in [0.3, 0.4) is 0 Å². The SMILES string of the molecule is CC1=Cc2ccccc2C1CCC1C(C)=Cc2cc3c(cc21)OCO3. The van der Waals surface area contributed by atoms with Gasteiger partial charge in [0.15, 0.2) is 11.5 Å². The molecule has 0 radical (unpaired) electrons. The maximum atomic E-state index is 5.59. The normalized spacial score (nSPS) is 22.5. The molecule has 2 aromatic carbocycles. The Labute approximate surface area is 148 Å². The number of allylic oxidation sites excluding steroid dienone is 2. The van der Waals surface area contributed by atoms with E-state index in [1.54, 1.807) is 0 Å². The van der Waals surface area contributed by atoms with Crippen LogP contribution in [0.4, 0.5) is 0 Å². The Morgan fingerprint density at radius 2 is 1.44 bits per heavy atom. The van der Waals surface area contributed by atoms with Gasteiger partial charge in [0, 0.05) is 11.8 Å². The molecule has 2 aliphatic carbocycles. The van der Waals surface area contributed by atoms with Crippen molar-refractivity contribution in [3.05, 3.63) is 69.8 Å². The van der Waals surface area contributed by atoms with Crippen LogP contribution in [0.25, 0.3) is 12.2 Å². The van der Waals surface area contributed by atoms with E-state index in [1.165, 1.54) is 46.2 Å². The Bertz CT molecular complexity index is 920. The quantitative estimate of drug-likeness (QED) is 0.698. The summed E-state index contributed by atoms with van der Waals surface area (Å²) in [6, 6.07) is 13.1. The van der Waals surface area contributed by atoms with Gasteiger partial charge < -0.3 is 9.47 Å². The lowest BCUT2D eigenvalue weighted by Gasteiger charge is -2.20. The van der Waals surface area contributed by atoms with Crippen LogP contribution in [0.15, 0.2) is 47.5 Å². The molecule has 0 spiro atoms. The van der Waals surface area contributed by atoms with Crippen molar-refractivity contribution in [1.82, 2.24) is 0 Å². The van der Waals surface area contributed by atoms with Crippen LogP contribution in [0.1, 0.15) is 60.8 Å². The van der Waals surface area contributed by atoms with Gasteiger partial charge in [-0.15, -0.1) is 0 Å². The molecule has 2 heteroatoms. The monoisotopic (exact) mass is 330 g/mol. The van der Waals surface area contributed by atoms with Gasteiger partial charge in [-0.05, 0) is 61.1 Å². The molecule has 5 rings (SSSR count). The highest BCUT2D eigenvalue weighted by atomic mass is 16.7. The molecular weight excluding hydrogens is 308 g/mol. The molecule has 1 heterocycles. The van der Waals surface area contributed by atoms with Crippen molar-refractivity contribution in [2.24, 2.45) is 0 Å². The van der Waals surface area contributed by atoms with E-state index in [-0.39, 0.29) is 0 Å². The first-order valence-corrected chi connectivity index (χ1v) is 9.09. The molecule has 0 saturated heterocycles. The Kier molecular flexibility index (Phi) is 3.27. The van der Waals surface area contributed by atoms with E-state index in [9.17, 15) is 0 Å². The van der Waals surface area contributed by atoms with Crippen LogP contribution in [0.2, 0.25) is 0 Å². The van der Waals surface area contributed by atoms with Crippen LogP contribution in [-0.4, -0.2) is 6.79 Å². The minimum absolute atomic E-state index is 0.342. The Balaban J connectivity index is 1.40. The van der Waals surface area contributed by atoms with E-state index in [4.69, 9.17) is 9.47 Å². The lowest BCUT2D eigenvalue weighted by molar-refractivity contribution is 0.174. The molecule has 1 aliphatic heterocycles. The maximum Gasteiger partial charge on any atom is 0.231 e. The third-order valence-corrected chi connectivity index (χ3v) is 5.93. The summed E-state index contributed by atoms with van der Waals surface area (Å²) >= 11 is 0. The van der Waals surface area contributed by atoms with E-state index in [0.29, 0.717) is 18.6 Å². The molecule has 2 aromatic rings. The van der Waals surface area contributed by atoms with Crippen molar-refractivity contribution in [3.8, 4) is 11.5 Å². The minimum atomic E-state index is 0.342. The summed E-state index contributed by atoms with van der Waals surface area (Å²) in [5, 5.41) is 0. The highest BCUT2D eigenvalue weighted by Gasteiger charge is 2.29. The van der Waals surface area contributed by atoms with Crippen molar-refractivity contribution in [1.29, 1.82) is 0 Å².